The summed E-state index contributed by atoms with van der Waals surface area (Å²) in [7, 11) is 0. The summed E-state index contributed by atoms with van der Waals surface area (Å²) in [6.45, 7) is 20.2. The number of hydrogen-bond acceptors (Lipinski definition) is 2. The molecule has 0 aliphatic heterocycles. The van der Waals surface area contributed by atoms with Crippen LogP contribution in [-0.2, 0) is 9.53 Å². The maximum absolute atomic E-state index is 11.8. The van der Waals surface area contributed by atoms with Gasteiger partial charge in [0.05, 0.1) is 6.61 Å². The van der Waals surface area contributed by atoms with Crippen molar-refractivity contribution in [3.63, 3.8) is 0 Å². The van der Waals surface area contributed by atoms with Crippen molar-refractivity contribution in [1.29, 1.82) is 0 Å². The minimum Gasteiger partial charge on any atom is -0.463 e. The Hall–Kier alpha value is -2.35. The van der Waals surface area contributed by atoms with Gasteiger partial charge >= 0.3 is 5.97 Å². The maximum Gasteiger partial charge on any atom is 0.331 e. The zero-order valence-corrected chi connectivity index (χ0v) is 21.8. The van der Waals surface area contributed by atoms with Crippen molar-refractivity contribution in [1.82, 2.24) is 0 Å². The van der Waals surface area contributed by atoms with Crippen molar-refractivity contribution in [2.45, 2.75) is 92.9 Å². The van der Waals surface area contributed by atoms with Crippen LogP contribution >= 0.6 is 0 Å². The van der Waals surface area contributed by atoms with Crippen LogP contribution in [0.15, 0.2) is 53.7 Å². The monoisotopic (exact) mass is 436 g/mol. The van der Waals surface area contributed by atoms with Gasteiger partial charge in [-0.15, -0.1) is 0 Å². The fourth-order valence-corrected chi connectivity index (χ4v) is 3.42. The summed E-state index contributed by atoms with van der Waals surface area (Å²) in [5, 5.41) is 0. The second-order valence-corrected chi connectivity index (χ2v) is 9.59. The molecule has 2 nitrogen and oxygen atoms in total. The second-order valence-electron chi connectivity index (χ2n) is 9.59. The number of carbonyl (C=O) groups is 1. The predicted octanol–water partition coefficient (Wildman–Crippen LogP) is 8.86. The summed E-state index contributed by atoms with van der Waals surface area (Å²) < 4.78 is 5.18. The highest BCUT2D eigenvalue weighted by Crippen LogP contribution is 2.33. The van der Waals surface area contributed by atoms with Gasteiger partial charge in [-0.1, -0.05) is 103 Å². The number of rotatable bonds is 11. The number of benzene rings is 1. The molecule has 2 heteroatoms. The van der Waals surface area contributed by atoms with E-state index < -0.39 is 0 Å². The molecule has 1 aromatic rings. The molecule has 0 radical (unpaired) electrons. The van der Waals surface area contributed by atoms with E-state index in [1.165, 1.54) is 22.3 Å². The first kappa shape index (κ1) is 27.7. The zero-order chi connectivity index (χ0) is 24.3. The summed E-state index contributed by atoms with van der Waals surface area (Å²) in [5.74, 6) is 1.20. The summed E-state index contributed by atoms with van der Waals surface area (Å²) in [5.41, 5.74) is 7.65. The van der Waals surface area contributed by atoms with Crippen LogP contribution in [0.25, 0.3) is 6.08 Å². The van der Waals surface area contributed by atoms with E-state index in [9.17, 15) is 4.79 Å². The first-order chi connectivity index (χ1) is 15.1. The fourth-order valence-electron chi connectivity index (χ4n) is 3.42. The quantitative estimate of drug-likeness (QED) is 0.150. The van der Waals surface area contributed by atoms with Gasteiger partial charge in [0.1, 0.15) is 0 Å². The van der Waals surface area contributed by atoms with Crippen LogP contribution in [0.2, 0.25) is 0 Å². The SMILES string of the molecule is CCCCOC(=O)C=C(C)C=CC=C(C)C=Cc1c(C(C)C)cc(C(C)C)cc1C(C)C. The van der Waals surface area contributed by atoms with Gasteiger partial charge < -0.3 is 4.74 Å². The molecular formula is C30H44O2. The van der Waals surface area contributed by atoms with Gasteiger partial charge in [-0.05, 0) is 65.8 Å². The molecule has 0 saturated carbocycles. The average Bonchev–Trinajstić information content (AvgIpc) is 2.71. The highest BCUT2D eigenvalue weighted by atomic mass is 16.5. The first-order valence-corrected chi connectivity index (χ1v) is 12.1. The third-order valence-corrected chi connectivity index (χ3v) is 5.50. The largest absolute Gasteiger partial charge is 0.463 e. The molecule has 0 aromatic heterocycles. The highest BCUT2D eigenvalue weighted by molar-refractivity contribution is 5.83. The molecule has 0 aliphatic rings. The van der Waals surface area contributed by atoms with Crippen LogP contribution in [0.4, 0.5) is 0 Å². The molecule has 176 valence electrons. The van der Waals surface area contributed by atoms with Crippen molar-refractivity contribution in [3.8, 4) is 0 Å². The van der Waals surface area contributed by atoms with E-state index in [2.05, 4.69) is 85.8 Å². The maximum atomic E-state index is 11.8. The van der Waals surface area contributed by atoms with Crippen LogP contribution in [0.5, 0.6) is 0 Å². The van der Waals surface area contributed by atoms with Gasteiger partial charge in [-0.3, -0.25) is 0 Å². The minimum absolute atomic E-state index is 0.270. The minimum atomic E-state index is -0.270. The molecule has 0 unspecified atom stereocenters. The molecule has 0 amide bonds. The summed E-state index contributed by atoms with van der Waals surface area (Å²) in [6, 6.07) is 4.77. The van der Waals surface area contributed by atoms with E-state index in [4.69, 9.17) is 4.74 Å². The lowest BCUT2D eigenvalue weighted by Gasteiger charge is -2.21. The Kier molecular flexibility index (Phi) is 12.1. The van der Waals surface area contributed by atoms with E-state index in [0.29, 0.717) is 24.4 Å². The van der Waals surface area contributed by atoms with Crippen LogP contribution in [0.1, 0.15) is 115 Å². The van der Waals surface area contributed by atoms with Crippen molar-refractivity contribution < 1.29 is 9.53 Å². The van der Waals surface area contributed by atoms with E-state index in [0.717, 1.165) is 24.0 Å². The molecule has 0 bridgehead atoms. The normalized spacial score (nSPS) is 13.4. The molecule has 0 N–H and O–H groups in total. The number of carbonyl (C=O) groups excluding carboxylic acids is 1. The zero-order valence-electron chi connectivity index (χ0n) is 21.8. The smallest absolute Gasteiger partial charge is 0.331 e. The topological polar surface area (TPSA) is 26.3 Å². The van der Waals surface area contributed by atoms with Gasteiger partial charge in [0.15, 0.2) is 0 Å². The van der Waals surface area contributed by atoms with Gasteiger partial charge in [-0.2, -0.15) is 0 Å². The van der Waals surface area contributed by atoms with E-state index >= 15 is 0 Å². The van der Waals surface area contributed by atoms with E-state index in [-0.39, 0.29) is 5.97 Å². The van der Waals surface area contributed by atoms with Gasteiger partial charge in [0.25, 0.3) is 0 Å². The average molecular weight is 437 g/mol. The van der Waals surface area contributed by atoms with Crippen LogP contribution < -0.4 is 0 Å². The molecule has 0 heterocycles. The van der Waals surface area contributed by atoms with Gasteiger partial charge in [0, 0.05) is 6.08 Å². The Morgan fingerprint density at radius 2 is 1.50 bits per heavy atom. The Morgan fingerprint density at radius 3 is 2.00 bits per heavy atom. The lowest BCUT2D eigenvalue weighted by atomic mass is 9.84. The lowest BCUT2D eigenvalue weighted by molar-refractivity contribution is -0.137. The van der Waals surface area contributed by atoms with Crippen molar-refractivity contribution in [2.24, 2.45) is 0 Å². The second kappa shape index (κ2) is 13.9. The summed E-state index contributed by atoms with van der Waals surface area (Å²) in [4.78, 5) is 11.8. The molecule has 0 fully saturated rings. The van der Waals surface area contributed by atoms with Crippen LogP contribution in [0, 0.1) is 0 Å². The van der Waals surface area contributed by atoms with Crippen LogP contribution in [-0.4, -0.2) is 12.6 Å². The molecule has 0 aliphatic carbocycles. The molecule has 0 saturated heterocycles. The van der Waals surface area contributed by atoms with Crippen molar-refractivity contribution in [3.05, 3.63) is 75.9 Å². The molecule has 1 aromatic carbocycles. The first-order valence-electron chi connectivity index (χ1n) is 12.1. The number of hydrogen-bond donors (Lipinski definition) is 0. The van der Waals surface area contributed by atoms with Gasteiger partial charge in [0.2, 0.25) is 0 Å². The molecule has 32 heavy (non-hydrogen) atoms. The number of unbranched alkanes of at least 4 members (excludes halogenated alkanes) is 1. The fraction of sp³-hybridized carbons (Fsp3) is 0.500. The van der Waals surface area contributed by atoms with Crippen LogP contribution in [0.3, 0.4) is 0 Å². The third kappa shape index (κ3) is 9.42. The number of ether oxygens (including phenoxy) is 1. The Balaban J connectivity index is 3.05. The summed E-state index contributed by atoms with van der Waals surface area (Å²) in [6.07, 6.45) is 13.9. The lowest BCUT2D eigenvalue weighted by Crippen LogP contribution is -2.03. The number of allylic oxidation sites excluding steroid dienone is 6. The Bertz CT molecular complexity index is 832. The number of esters is 1. The Labute approximate surface area is 197 Å². The molecule has 1 rings (SSSR count). The predicted molar refractivity (Wildman–Crippen MR) is 140 cm³/mol. The molecule has 0 atom stereocenters. The van der Waals surface area contributed by atoms with Gasteiger partial charge in [-0.25, -0.2) is 4.79 Å². The van der Waals surface area contributed by atoms with Crippen molar-refractivity contribution in [2.75, 3.05) is 6.61 Å². The summed E-state index contributed by atoms with van der Waals surface area (Å²) >= 11 is 0. The standard InChI is InChI=1S/C30H44O2/c1-10-11-17-32-30(31)18-25(9)14-12-13-24(8)15-16-27-28(22(4)5)19-26(21(2)3)20-29(27)23(6)7/h12-16,18-23H,10-11,17H2,1-9H3. The molecular weight excluding hydrogens is 392 g/mol. The van der Waals surface area contributed by atoms with E-state index in [1.54, 1.807) is 6.08 Å². The van der Waals surface area contributed by atoms with Crippen molar-refractivity contribution >= 4 is 12.0 Å². The Morgan fingerprint density at radius 1 is 0.906 bits per heavy atom. The molecule has 0 spiro atoms. The highest BCUT2D eigenvalue weighted by Gasteiger charge is 2.15. The third-order valence-electron chi connectivity index (χ3n) is 5.50. The van der Waals surface area contributed by atoms with E-state index in [1.807, 2.05) is 19.1 Å².